The summed E-state index contributed by atoms with van der Waals surface area (Å²) in [5.74, 6) is 0.174. The molecule has 0 heterocycles. The van der Waals surface area contributed by atoms with Crippen LogP contribution in [0.4, 0.5) is 0 Å². The van der Waals surface area contributed by atoms with Crippen molar-refractivity contribution in [2.75, 3.05) is 0 Å². The Bertz CT molecular complexity index is 2390. The smallest absolute Gasteiger partial charge is 0.174 e. The molecule has 3 atom stereocenters. The van der Waals surface area contributed by atoms with Gasteiger partial charge in [0, 0.05) is 94.1 Å². The molecule has 8 heteroatoms. The molecule has 0 aliphatic heterocycles. The molecule has 0 spiro atoms. The van der Waals surface area contributed by atoms with Crippen LogP contribution in [0.1, 0.15) is 141 Å². The molecule has 0 aromatic heterocycles. The number of carbonyl (C=O) groups excluding carboxylic acids is 6. The fraction of sp³-hybridized carbons (Fsp3) is 0.385. The van der Waals surface area contributed by atoms with E-state index in [1.807, 2.05) is 64.1 Å². The van der Waals surface area contributed by atoms with Crippen molar-refractivity contribution in [1.29, 1.82) is 0 Å². The van der Waals surface area contributed by atoms with E-state index < -0.39 is 11.3 Å². The number of benzene rings is 4. The van der Waals surface area contributed by atoms with Crippen molar-refractivity contribution in [1.82, 2.24) is 0 Å². The number of fused-ring (bicyclic) bond motifs is 4. The molecule has 310 valence electrons. The van der Waals surface area contributed by atoms with Crippen LogP contribution < -0.4 is 0 Å². The average Bonchev–Trinajstić information content (AvgIpc) is 3.87. The second-order valence-corrected chi connectivity index (χ2v) is 17.0. The zero-order valence-corrected chi connectivity index (χ0v) is 42.9. The van der Waals surface area contributed by atoms with Crippen LogP contribution >= 0.6 is 0 Å². The fourth-order valence-electron chi connectivity index (χ4n) is 8.47. The van der Waals surface area contributed by atoms with Crippen molar-refractivity contribution in [3.63, 3.8) is 0 Å². The summed E-state index contributed by atoms with van der Waals surface area (Å²) in [6, 6.07) is 16.2. The van der Waals surface area contributed by atoms with Gasteiger partial charge in [-0.25, -0.2) is 0 Å². The summed E-state index contributed by atoms with van der Waals surface area (Å²) >= 11 is 0. The van der Waals surface area contributed by atoms with Gasteiger partial charge in [-0.15, -0.1) is 0 Å². The molecular formula is C52H58O6Y2-2. The number of aryl methyl sites for hydroxylation is 9. The van der Waals surface area contributed by atoms with Gasteiger partial charge in [-0.1, -0.05) is 24.3 Å². The van der Waals surface area contributed by atoms with Crippen LogP contribution in [0.5, 0.6) is 0 Å². The normalized spacial score (nSPS) is 18.9. The van der Waals surface area contributed by atoms with Crippen LogP contribution in [0.3, 0.4) is 0 Å². The maximum Gasteiger partial charge on any atom is 0.174 e. The molecule has 2 radical (unpaired) electrons. The summed E-state index contributed by atoms with van der Waals surface area (Å²) in [5.41, 5.74) is 16.5. The topological polar surface area (TPSA) is 102 Å². The average molecular weight is 957 g/mol. The summed E-state index contributed by atoms with van der Waals surface area (Å²) < 4.78 is 0. The summed E-state index contributed by atoms with van der Waals surface area (Å²) in [7, 11) is 0. The summed E-state index contributed by atoms with van der Waals surface area (Å²) in [6.45, 7) is 26.9. The van der Waals surface area contributed by atoms with Gasteiger partial charge in [0.2, 0.25) is 0 Å². The molecule has 0 amide bonds. The fourth-order valence-corrected chi connectivity index (χ4v) is 8.47. The third-order valence-electron chi connectivity index (χ3n) is 13.0. The summed E-state index contributed by atoms with van der Waals surface area (Å²) in [4.78, 5) is 70.5. The minimum atomic E-state index is -0.900. The Labute approximate surface area is 408 Å². The second-order valence-electron chi connectivity index (χ2n) is 17.0. The van der Waals surface area contributed by atoms with Crippen LogP contribution in [0.15, 0.2) is 48.5 Å². The molecule has 4 aliphatic rings. The van der Waals surface area contributed by atoms with Crippen molar-refractivity contribution in [2.24, 2.45) is 17.3 Å². The Balaban J connectivity index is 0.000000213. The first-order chi connectivity index (χ1) is 27.2. The number of rotatable bonds is 4. The van der Waals surface area contributed by atoms with Gasteiger partial charge < -0.3 is 13.8 Å². The van der Waals surface area contributed by atoms with Gasteiger partial charge in [-0.3, -0.25) is 28.8 Å². The summed E-state index contributed by atoms with van der Waals surface area (Å²) in [6.07, 6.45) is 4.69. The number of hydrogen-bond acceptors (Lipinski definition) is 6. The van der Waals surface area contributed by atoms with Crippen molar-refractivity contribution >= 4 is 34.7 Å². The predicted octanol–water partition coefficient (Wildman–Crippen LogP) is 10.4. The maximum atomic E-state index is 12.4. The van der Waals surface area contributed by atoms with Crippen molar-refractivity contribution in [2.45, 2.75) is 114 Å². The van der Waals surface area contributed by atoms with Gasteiger partial charge in [-0.05, 0) is 192 Å². The van der Waals surface area contributed by atoms with Crippen molar-refractivity contribution in [3.8, 4) is 0 Å². The number of Topliss-reactive ketones (excluding diaryl/α,β-unsaturated/α-hetero) is 6. The maximum absolute atomic E-state index is 12.4. The molecule has 4 aromatic carbocycles. The molecule has 0 saturated carbocycles. The predicted molar refractivity (Wildman–Crippen MR) is 231 cm³/mol. The molecule has 4 aromatic rings. The zero-order chi connectivity index (χ0) is 43.0. The van der Waals surface area contributed by atoms with E-state index >= 15 is 0 Å². The summed E-state index contributed by atoms with van der Waals surface area (Å²) in [5, 5.41) is 0. The number of carbonyl (C=O) groups is 6. The quantitative estimate of drug-likeness (QED) is 0.149. The molecule has 3 unspecified atom stereocenters. The van der Waals surface area contributed by atoms with Crippen LogP contribution in [-0.4, -0.2) is 34.7 Å². The Morgan fingerprint density at radius 1 is 0.550 bits per heavy atom. The number of ketones is 6. The second kappa shape index (κ2) is 21.0. The van der Waals surface area contributed by atoms with Gasteiger partial charge in [0.05, 0.1) is 11.3 Å². The molecule has 0 fully saturated rings. The monoisotopic (exact) mass is 956 g/mol. The van der Waals surface area contributed by atoms with E-state index in [0.717, 1.165) is 51.8 Å². The van der Waals surface area contributed by atoms with Gasteiger partial charge in [0.1, 0.15) is 11.6 Å². The largest absolute Gasteiger partial charge is 0.343 e. The SMILES string of the molecule is CC(=O)C1Cc2cc(C)c(C)cc2C1=O.Cc1cc2c(cc1C)C(=O)CC2.[CH2-]CC1(C(C)=O)Cc2cc(C)c(C)cc2C1=O.[CH2-]CC1Cc2cc(C)c(C)cc2C1=O.[Y].[Y]. The third kappa shape index (κ3) is 10.5. The van der Waals surface area contributed by atoms with Crippen LogP contribution in [0.2, 0.25) is 0 Å². The van der Waals surface area contributed by atoms with Crippen molar-refractivity contribution < 1.29 is 94.2 Å². The van der Waals surface area contributed by atoms with Crippen LogP contribution in [0.25, 0.3) is 0 Å². The standard InChI is InChI=1S/C15H17O2.C13H14O2.C13H15O.C11H12O.2Y/c1-5-15(11(4)16)8-12-6-9(2)10(3)7-13(12)14(15)17;1-7-4-10-6-11(9(3)14)13(15)12(10)5-8(7)2;1-4-10-7-11-5-8(2)9(3)6-12(11)13(10)14;1-7-5-9-3-4-11(12)10(9)6-8(7)2;;/h6-7H,1,5,8H2,2-4H3;4-5,11H,6H2,1-3H3;5-6,10H,1,4,7H2,2-3H3;5-6H,3-4H2,1-2H3;;/q-1;;-1;;;. The van der Waals surface area contributed by atoms with Crippen LogP contribution in [0, 0.1) is 86.5 Å². The van der Waals surface area contributed by atoms with E-state index in [1.54, 1.807) is 0 Å². The van der Waals surface area contributed by atoms with E-state index in [4.69, 9.17) is 0 Å². The van der Waals surface area contributed by atoms with E-state index in [1.165, 1.54) is 58.4 Å². The third-order valence-corrected chi connectivity index (χ3v) is 13.0. The molecular weight excluding hydrogens is 898 g/mol. The molecule has 6 nitrogen and oxygen atoms in total. The molecule has 8 rings (SSSR count). The van der Waals surface area contributed by atoms with Gasteiger partial charge >= 0.3 is 0 Å². The molecule has 4 aliphatic carbocycles. The Morgan fingerprint density at radius 3 is 1.43 bits per heavy atom. The Hall–Kier alpha value is -2.89. The van der Waals surface area contributed by atoms with Crippen LogP contribution in [-0.2, 0) is 101 Å². The van der Waals surface area contributed by atoms with E-state index in [9.17, 15) is 28.8 Å². The first kappa shape index (κ1) is 51.5. The van der Waals surface area contributed by atoms with E-state index in [0.29, 0.717) is 43.5 Å². The Morgan fingerprint density at radius 2 is 0.967 bits per heavy atom. The first-order valence-electron chi connectivity index (χ1n) is 20.4. The van der Waals surface area contributed by atoms with Gasteiger partial charge in [0.25, 0.3) is 0 Å². The van der Waals surface area contributed by atoms with E-state index in [-0.39, 0.29) is 100 Å². The van der Waals surface area contributed by atoms with Gasteiger partial charge in [0.15, 0.2) is 23.1 Å². The number of hydrogen-bond donors (Lipinski definition) is 0. The zero-order valence-electron chi connectivity index (χ0n) is 37.2. The van der Waals surface area contributed by atoms with E-state index in [2.05, 4.69) is 53.7 Å². The van der Waals surface area contributed by atoms with Gasteiger partial charge in [-0.2, -0.15) is 12.8 Å². The first-order valence-corrected chi connectivity index (χ1v) is 20.4. The molecule has 60 heavy (non-hydrogen) atoms. The Kier molecular flexibility index (Phi) is 18.0. The minimum Gasteiger partial charge on any atom is -0.343 e. The molecule has 0 N–H and O–H groups in total. The minimum absolute atomic E-state index is 0. The molecule has 0 bridgehead atoms. The molecule has 0 saturated heterocycles. The van der Waals surface area contributed by atoms with Crippen molar-refractivity contribution in [3.05, 3.63) is 151 Å².